The van der Waals surface area contributed by atoms with Gasteiger partial charge in [0, 0.05) is 35.8 Å². The first-order valence-corrected chi connectivity index (χ1v) is 11.1. The number of amides is 3. The second-order valence-corrected chi connectivity index (χ2v) is 9.29. The molecule has 4 rings (SSSR count). The van der Waals surface area contributed by atoms with Gasteiger partial charge >= 0.3 is 6.03 Å². The SMILES string of the molecule is C[C@@]1(N)C[C@@H](C(=O)NCc2cccc(Cl)c2F)N(C(=O)Cc2cn(C(N)=O)c3ccccc23)C1. The molecule has 2 atom stereocenters. The van der Waals surface area contributed by atoms with Crippen molar-refractivity contribution in [2.45, 2.75) is 37.9 Å². The fourth-order valence-electron chi connectivity index (χ4n) is 4.43. The standard InChI is InChI=1S/C24H25ClFN5O3/c1-24(28)10-19(22(33)29-11-14-5-4-7-17(25)21(14)26)31(13-24)20(32)9-15-12-30(23(27)34)18-8-3-2-6-16(15)18/h2-8,12,19H,9-11,13,28H2,1H3,(H2,27,34)(H,29,33)/t19-,24+/m0/s1. The number of nitrogens with one attached hydrogen (secondary N) is 1. The molecule has 1 aliphatic rings. The molecule has 0 unspecified atom stereocenters. The van der Waals surface area contributed by atoms with E-state index in [9.17, 15) is 18.8 Å². The number of para-hydroxylation sites is 1. The number of primary amides is 1. The van der Waals surface area contributed by atoms with Crippen molar-refractivity contribution in [1.82, 2.24) is 14.8 Å². The molecule has 2 heterocycles. The molecule has 178 valence electrons. The number of nitrogens with zero attached hydrogens (tertiary/aromatic N) is 2. The molecule has 0 radical (unpaired) electrons. The predicted octanol–water partition coefficient (Wildman–Crippen LogP) is 2.54. The zero-order valence-corrected chi connectivity index (χ0v) is 19.3. The monoisotopic (exact) mass is 485 g/mol. The number of likely N-dealkylation sites (tertiary alicyclic amines) is 1. The topological polar surface area (TPSA) is 123 Å². The van der Waals surface area contributed by atoms with Crippen molar-refractivity contribution in [2.75, 3.05) is 6.54 Å². The summed E-state index contributed by atoms with van der Waals surface area (Å²) in [5, 5.41) is 3.38. The van der Waals surface area contributed by atoms with Gasteiger partial charge in [0.05, 0.1) is 17.0 Å². The fraction of sp³-hybridized carbons (Fsp3) is 0.292. The molecule has 0 bridgehead atoms. The van der Waals surface area contributed by atoms with Gasteiger partial charge in [-0.3, -0.25) is 14.2 Å². The molecule has 1 fully saturated rings. The number of halogens is 2. The van der Waals surface area contributed by atoms with E-state index >= 15 is 0 Å². The van der Waals surface area contributed by atoms with E-state index in [4.69, 9.17) is 23.1 Å². The molecule has 10 heteroatoms. The molecule has 1 aromatic heterocycles. The minimum absolute atomic E-state index is 0.0333. The number of hydrogen-bond donors (Lipinski definition) is 3. The van der Waals surface area contributed by atoms with Crippen LogP contribution in [0.5, 0.6) is 0 Å². The Morgan fingerprint density at radius 3 is 2.65 bits per heavy atom. The summed E-state index contributed by atoms with van der Waals surface area (Å²) < 4.78 is 15.5. The maximum Gasteiger partial charge on any atom is 0.323 e. The van der Waals surface area contributed by atoms with Gasteiger partial charge in [0.15, 0.2) is 0 Å². The molecule has 0 spiro atoms. The van der Waals surface area contributed by atoms with Gasteiger partial charge in [-0.05, 0) is 31.0 Å². The van der Waals surface area contributed by atoms with E-state index in [1.54, 1.807) is 43.5 Å². The highest BCUT2D eigenvalue weighted by Crippen LogP contribution is 2.28. The molecule has 1 saturated heterocycles. The van der Waals surface area contributed by atoms with Crippen LogP contribution in [0.3, 0.4) is 0 Å². The van der Waals surface area contributed by atoms with E-state index < -0.39 is 29.3 Å². The average Bonchev–Trinajstić information content (AvgIpc) is 3.32. The van der Waals surface area contributed by atoms with E-state index in [0.29, 0.717) is 11.1 Å². The number of aromatic nitrogens is 1. The summed E-state index contributed by atoms with van der Waals surface area (Å²) in [6, 6.07) is 10.2. The Labute approximate surface area is 200 Å². The Kier molecular flexibility index (Phi) is 6.33. The van der Waals surface area contributed by atoms with Crippen LogP contribution in [0.25, 0.3) is 10.9 Å². The molecule has 2 aromatic carbocycles. The summed E-state index contributed by atoms with van der Waals surface area (Å²) >= 11 is 5.81. The minimum atomic E-state index is -0.811. The first-order chi connectivity index (χ1) is 16.1. The number of nitrogens with two attached hydrogens (primary N) is 2. The van der Waals surface area contributed by atoms with Crippen molar-refractivity contribution in [3.05, 3.63) is 70.6 Å². The largest absolute Gasteiger partial charge is 0.351 e. The molecular formula is C24H25ClFN5O3. The molecule has 1 aliphatic heterocycles. The lowest BCUT2D eigenvalue weighted by atomic mass is 10.00. The third-order valence-electron chi connectivity index (χ3n) is 6.05. The molecule has 5 N–H and O–H groups in total. The van der Waals surface area contributed by atoms with Crippen molar-refractivity contribution < 1.29 is 18.8 Å². The van der Waals surface area contributed by atoms with E-state index in [2.05, 4.69) is 5.32 Å². The second-order valence-electron chi connectivity index (χ2n) is 8.88. The van der Waals surface area contributed by atoms with Crippen molar-refractivity contribution in [1.29, 1.82) is 0 Å². The number of fused-ring (bicyclic) bond motifs is 1. The second kappa shape index (κ2) is 9.08. The first kappa shape index (κ1) is 23.7. The van der Waals surface area contributed by atoms with Crippen LogP contribution >= 0.6 is 11.6 Å². The lowest BCUT2D eigenvalue weighted by Gasteiger charge is -2.24. The van der Waals surface area contributed by atoms with E-state index in [-0.39, 0.29) is 42.4 Å². The van der Waals surface area contributed by atoms with Gasteiger partial charge in [-0.25, -0.2) is 9.18 Å². The quantitative estimate of drug-likeness (QED) is 0.513. The number of rotatable bonds is 5. The van der Waals surface area contributed by atoms with Crippen molar-refractivity contribution >= 4 is 40.3 Å². The Hall–Kier alpha value is -3.43. The Balaban J connectivity index is 1.53. The highest BCUT2D eigenvalue weighted by molar-refractivity contribution is 6.30. The summed E-state index contributed by atoms with van der Waals surface area (Å²) in [6.07, 6.45) is 1.76. The molecule has 34 heavy (non-hydrogen) atoms. The van der Waals surface area contributed by atoms with Crippen molar-refractivity contribution in [3.63, 3.8) is 0 Å². The third kappa shape index (κ3) is 4.62. The summed E-state index contributed by atoms with van der Waals surface area (Å²) in [6.45, 7) is 1.89. The fourth-order valence-corrected chi connectivity index (χ4v) is 4.63. The van der Waals surface area contributed by atoms with Crippen LogP contribution in [0.4, 0.5) is 9.18 Å². The van der Waals surface area contributed by atoms with Crippen LogP contribution in [0.2, 0.25) is 5.02 Å². The van der Waals surface area contributed by atoms with Gasteiger partial charge in [-0.1, -0.05) is 41.9 Å². The van der Waals surface area contributed by atoms with Gasteiger partial charge < -0.3 is 21.7 Å². The Bertz CT molecular complexity index is 1290. The number of carbonyl (C=O) groups is 3. The van der Waals surface area contributed by atoms with Crippen LogP contribution in [-0.2, 0) is 22.6 Å². The van der Waals surface area contributed by atoms with Crippen LogP contribution in [0, 0.1) is 5.82 Å². The smallest absolute Gasteiger partial charge is 0.323 e. The van der Waals surface area contributed by atoms with Gasteiger partial charge in [0.1, 0.15) is 11.9 Å². The van der Waals surface area contributed by atoms with Crippen LogP contribution in [-0.4, -0.2) is 45.4 Å². The molecule has 0 saturated carbocycles. The van der Waals surface area contributed by atoms with Gasteiger partial charge in [-0.2, -0.15) is 0 Å². The van der Waals surface area contributed by atoms with E-state index in [1.807, 2.05) is 0 Å². The molecule has 0 aliphatic carbocycles. The molecule has 3 aromatic rings. The van der Waals surface area contributed by atoms with Crippen LogP contribution < -0.4 is 16.8 Å². The predicted molar refractivity (Wildman–Crippen MR) is 127 cm³/mol. The highest BCUT2D eigenvalue weighted by Gasteiger charge is 2.44. The lowest BCUT2D eigenvalue weighted by Crippen LogP contribution is -2.46. The summed E-state index contributed by atoms with van der Waals surface area (Å²) in [4.78, 5) is 39.6. The molecule has 8 nitrogen and oxygen atoms in total. The summed E-state index contributed by atoms with van der Waals surface area (Å²) in [5.74, 6) is -1.34. The average molecular weight is 486 g/mol. The first-order valence-electron chi connectivity index (χ1n) is 10.7. The number of hydrogen-bond acceptors (Lipinski definition) is 4. The normalized spacial score (nSPS) is 20.0. The maximum atomic E-state index is 14.2. The maximum absolute atomic E-state index is 14.2. The minimum Gasteiger partial charge on any atom is -0.351 e. The third-order valence-corrected chi connectivity index (χ3v) is 6.34. The van der Waals surface area contributed by atoms with E-state index in [0.717, 1.165) is 5.39 Å². The van der Waals surface area contributed by atoms with Crippen molar-refractivity contribution in [2.24, 2.45) is 11.5 Å². The molecular weight excluding hydrogens is 461 g/mol. The van der Waals surface area contributed by atoms with Crippen molar-refractivity contribution in [3.8, 4) is 0 Å². The molecule has 3 amide bonds. The zero-order chi connectivity index (χ0) is 24.6. The number of carbonyl (C=O) groups excluding carboxylic acids is 3. The lowest BCUT2D eigenvalue weighted by molar-refractivity contribution is -0.138. The Morgan fingerprint density at radius 1 is 1.18 bits per heavy atom. The van der Waals surface area contributed by atoms with Gasteiger partial charge in [0.25, 0.3) is 0 Å². The number of benzene rings is 2. The van der Waals surface area contributed by atoms with Crippen LogP contribution in [0.15, 0.2) is 48.7 Å². The van der Waals surface area contributed by atoms with Crippen LogP contribution in [0.1, 0.15) is 24.5 Å². The summed E-state index contributed by atoms with van der Waals surface area (Å²) in [5.41, 5.74) is 12.5. The van der Waals surface area contributed by atoms with Gasteiger partial charge in [0.2, 0.25) is 11.8 Å². The highest BCUT2D eigenvalue weighted by atomic mass is 35.5. The van der Waals surface area contributed by atoms with Gasteiger partial charge in [-0.15, -0.1) is 0 Å². The Morgan fingerprint density at radius 2 is 1.91 bits per heavy atom. The summed E-state index contributed by atoms with van der Waals surface area (Å²) in [7, 11) is 0. The zero-order valence-electron chi connectivity index (χ0n) is 18.6. The van der Waals surface area contributed by atoms with E-state index in [1.165, 1.54) is 21.6 Å².